The molecule has 1 fully saturated rings. The Morgan fingerprint density at radius 1 is 1.26 bits per heavy atom. The summed E-state index contributed by atoms with van der Waals surface area (Å²) in [6, 6.07) is 7.23. The molecule has 0 bridgehead atoms. The zero-order chi connectivity index (χ0) is 13.7. The summed E-state index contributed by atoms with van der Waals surface area (Å²) in [6.07, 6.45) is 4.73. The molecular formula is C14H20N2O3. The van der Waals surface area contributed by atoms with E-state index in [2.05, 4.69) is 5.16 Å². The molecule has 0 saturated heterocycles. The van der Waals surface area contributed by atoms with Gasteiger partial charge in [0.15, 0.2) is 5.84 Å². The van der Waals surface area contributed by atoms with Crippen LogP contribution in [0.2, 0.25) is 0 Å². The van der Waals surface area contributed by atoms with Crippen molar-refractivity contribution in [2.24, 2.45) is 10.9 Å². The highest BCUT2D eigenvalue weighted by molar-refractivity contribution is 5.97. The highest BCUT2D eigenvalue weighted by Gasteiger charge is 2.22. The van der Waals surface area contributed by atoms with Crippen LogP contribution in [0.4, 0.5) is 0 Å². The largest absolute Gasteiger partial charge is 0.490 e. The summed E-state index contributed by atoms with van der Waals surface area (Å²) in [6.45, 7) is 0. The molecule has 1 aromatic rings. The Morgan fingerprint density at radius 2 is 1.95 bits per heavy atom. The van der Waals surface area contributed by atoms with Crippen molar-refractivity contribution in [3.8, 4) is 5.75 Å². The summed E-state index contributed by atoms with van der Waals surface area (Å²) < 4.78 is 11.3. The highest BCUT2D eigenvalue weighted by Crippen LogP contribution is 2.25. The first-order valence-electron chi connectivity index (χ1n) is 6.50. The lowest BCUT2D eigenvalue weighted by molar-refractivity contribution is 0.0210. The quantitative estimate of drug-likeness (QED) is 0.378. The maximum absolute atomic E-state index is 8.59. The number of benzene rings is 1. The fourth-order valence-corrected chi connectivity index (χ4v) is 2.38. The molecule has 0 aliphatic heterocycles. The van der Waals surface area contributed by atoms with E-state index in [4.69, 9.17) is 20.4 Å². The van der Waals surface area contributed by atoms with Gasteiger partial charge in [0.1, 0.15) is 11.9 Å². The van der Waals surface area contributed by atoms with Gasteiger partial charge in [0, 0.05) is 19.1 Å². The molecule has 5 nitrogen and oxygen atoms in total. The van der Waals surface area contributed by atoms with E-state index < -0.39 is 0 Å². The van der Waals surface area contributed by atoms with E-state index in [-0.39, 0.29) is 11.9 Å². The fourth-order valence-electron chi connectivity index (χ4n) is 2.38. The van der Waals surface area contributed by atoms with E-state index in [9.17, 15) is 0 Å². The molecule has 2 unspecified atom stereocenters. The SMILES string of the molecule is COC1CCCC(Oc2ccc(C(N)=NO)cc2)C1. The Hall–Kier alpha value is -1.75. The number of amidine groups is 1. The molecule has 2 atom stereocenters. The van der Waals surface area contributed by atoms with E-state index >= 15 is 0 Å². The number of nitrogens with two attached hydrogens (primary N) is 1. The van der Waals surface area contributed by atoms with Crippen LogP contribution in [0.5, 0.6) is 5.75 Å². The molecule has 104 valence electrons. The normalized spacial score (nSPS) is 24.2. The van der Waals surface area contributed by atoms with Gasteiger partial charge in [0.25, 0.3) is 0 Å². The number of rotatable bonds is 4. The molecule has 0 radical (unpaired) electrons. The number of hydrogen-bond acceptors (Lipinski definition) is 4. The molecule has 0 amide bonds. The van der Waals surface area contributed by atoms with E-state index in [1.54, 1.807) is 19.2 Å². The van der Waals surface area contributed by atoms with Gasteiger partial charge in [-0.1, -0.05) is 5.16 Å². The molecule has 1 aliphatic carbocycles. The third-order valence-corrected chi connectivity index (χ3v) is 3.47. The first-order chi connectivity index (χ1) is 9.22. The standard InChI is InChI=1S/C14H20N2O3/c1-18-12-3-2-4-13(9-12)19-11-7-5-10(6-8-11)14(15)16-17/h5-8,12-13,17H,2-4,9H2,1H3,(H2,15,16). The number of ether oxygens (including phenoxy) is 2. The van der Waals surface area contributed by atoms with Crippen LogP contribution in [0.25, 0.3) is 0 Å². The average Bonchev–Trinajstić information content (AvgIpc) is 2.47. The summed E-state index contributed by atoms with van der Waals surface area (Å²) in [5.41, 5.74) is 6.18. The summed E-state index contributed by atoms with van der Waals surface area (Å²) in [5.74, 6) is 0.903. The molecule has 1 aromatic carbocycles. The summed E-state index contributed by atoms with van der Waals surface area (Å²) in [4.78, 5) is 0. The second-order valence-electron chi connectivity index (χ2n) is 4.77. The Kier molecular flexibility index (Phi) is 4.63. The van der Waals surface area contributed by atoms with Crippen molar-refractivity contribution in [3.05, 3.63) is 29.8 Å². The molecule has 0 aromatic heterocycles. The Balaban J connectivity index is 1.96. The molecule has 5 heteroatoms. The van der Waals surface area contributed by atoms with Crippen molar-refractivity contribution in [3.63, 3.8) is 0 Å². The minimum absolute atomic E-state index is 0.101. The molecule has 0 spiro atoms. The van der Waals surface area contributed by atoms with Crippen LogP contribution in [0, 0.1) is 0 Å². The van der Waals surface area contributed by atoms with E-state index in [0.29, 0.717) is 11.7 Å². The average molecular weight is 264 g/mol. The Labute approximate surface area is 113 Å². The first kappa shape index (κ1) is 13.7. The maximum atomic E-state index is 8.59. The zero-order valence-electron chi connectivity index (χ0n) is 11.1. The highest BCUT2D eigenvalue weighted by atomic mass is 16.5. The number of oxime groups is 1. The first-order valence-corrected chi connectivity index (χ1v) is 6.50. The van der Waals surface area contributed by atoms with Crippen LogP contribution >= 0.6 is 0 Å². The van der Waals surface area contributed by atoms with Gasteiger partial charge in [-0.3, -0.25) is 0 Å². The lowest BCUT2D eigenvalue weighted by Crippen LogP contribution is -2.29. The van der Waals surface area contributed by atoms with Gasteiger partial charge in [-0.25, -0.2) is 0 Å². The minimum atomic E-state index is 0.101. The third kappa shape index (κ3) is 3.61. The topological polar surface area (TPSA) is 77.1 Å². The van der Waals surface area contributed by atoms with Crippen LogP contribution in [0.15, 0.2) is 29.4 Å². The van der Waals surface area contributed by atoms with Crippen LogP contribution in [0.1, 0.15) is 31.2 Å². The second kappa shape index (κ2) is 6.43. The third-order valence-electron chi connectivity index (χ3n) is 3.47. The van der Waals surface area contributed by atoms with Crippen LogP contribution in [-0.2, 0) is 4.74 Å². The van der Waals surface area contributed by atoms with E-state index in [1.165, 1.54) is 0 Å². The van der Waals surface area contributed by atoms with Crippen LogP contribution in [0.3, 0.4) is 0 Å². The Bertz CT molecular complexity index is 431. The summed E-state index contributed by atoms with van der Waals surface area (Å²) >= 11 is 0. The van der Waals surface area contributed by atoms with Gasteiger partial charge < -0.3 is 20.4 Å². The van der Waals surface area contributed by atoms with Crippen molar-refractivity contribution in [1.29, 1.82) is 0 Å². The summed E-state index contributed by atoms with van der Waals surface area (Å²) in [7, 11) is 1.75. The Morgan fingerprint density at radius 3 is 2.58 bits per heavy atom. The van der Waals surface area contributed by atoms with Gasteiger partial charge in [0.05, 0.1) is 6.10 Å². The number of methoxy groups -OCH3 is 1. The second-order valence-corrected chi connectivity index (χ2v) is 4.77. The lowest BCUT2D eigenvalue weighted by Gasteiger charge is -2.28. The smallest absolute Gasteiger partial charge is 0.170 e. The van der Waals surface area contributed by atoms with Gasteiger partial charge in [-0.05, 0) is 43.5 Å². The van der Waals surface area contributed by atoms with Crippen molar-refractivity contribution in [1.82, 2.24) is 0 Å². The van der Waals surface area contributed by atoms with Crippen molar-refractivity contribution in [2.45, 2.75) is 37.9 Å². The van der Waals surface area contributed by atoms with Crippen LogP contribution < -0.4 is 10.5 Å². The summed E-state index contributed by atoms with van der Waals surface area (Å²) in [5, 5.41) is 11.6. The molecular weight excluding hydrogens is 244 g/mol. The molecule has 1 saturated carbocycles. The number of nitrogens with zero attached hydrogens (tertiary/aromatic N) is 1. The monoisotopic (exact) mass is 264 g/mol. The van der Waals surface area contributed by atoms with Crippen LogP contribution in [-0.4, -0.2) is 30.4 Å². The van der Waals surface area contributed by atoms with Gasteiger partial charge >= 0.3 is 0 Å². The van der Waals surface area contributed by atoms with Crippen molar-refractivity contribution in [2.75, 3.05) is 7.11 Å². The maximum Gasteiger partial charge on any atom is 0.170 e. The predicted molar refractivity (Wildman–Crippen MR) is 72.6 cm³/mol. The number of hydrogen-bond donors (Lipinski definition) is 2. The van der Waals surface area contributed by atoms with Gasteiger partial charge in [-0.15, -0.1) is 0 Å². The zero-order valence-corrected chi connectivity index (χ0v) is 11.1. The van der Waals surface area contributed by atoms with Gasteiger partial charge in [0.2, 0.25) is 0 Å². The van der Waals surface area contributed by atoms with Gasteiger partial charge in [-0.2, -0.15) is 0 Å². The lowest BCUT2D eigenvalue weighted by atomic mass is 9.95. The molecule has 3 N–H and O–H groups in total. The minimum Gasteiger partial charge on any atom is -0.490 e. The molecule has 19 heavy (non-hydrogen) atoms. The fraction of sp³-hybridized carbons (Fsp3) is 0.500. The van der Waals surface area contributed by atoms with Crippen molar-refractivity contribution < 1.29 is 14.7 Å². The van der Waals surface area contributed by atoms with Crippen molar-refractivity contribution >= 4 is 5.84 Å². The predicted octanol–water partition coefficient (Wildman–Crippen LogP) is 2.12. The molecule has 1 aliphatic rings. The molecule has 2 rings (SSSR count). The van der Waals surface area contributed by atoms with E-state index in [1.807, 2.05) is 12.1 Å². The molecule has 0 heterocycles. The van der Waals surface area contributed by atoms with E-state index in [0.717, 1.165) is 31.4 Å².